The lowest BCUT2D eigenvalue weighted by Gasteiger charge is -2.37. The summed E-state index contributed by atoms with van der Waals surface area (Å²) in [5, 5.41) is 13.2. The van der Waals surface area contributed by atoms with Crippen molar-refractivity contribution in [1.29, 1.82) is 0 Å². The molecular weight excluding hydrogens is 414 g/mol. The fourth-order valence-corrected chi connectivity index (χ4v) is 4.08. The SMILES string of the molecule is COCCn1nnnc1C(c1cc2cc(OC)c(OC)cc2[nH]c1=O)N1CCN(C)CC1. The molecule has 1 aliphatic heterocycles. The Bertz CT molecular complexity index is 1120. The van der Waals surface area contributed by atoms with Gasteiger partial charge in [-0.25, -0.2) is 4.68 Å². The van der Waals surface area contributed by atoms with Crippen molar-refractivity contribution in [2.24, 2.45) is 0 Å². The van der Waals surface area contributed by atoms with E-state index in [1.807, 2.05) is 12.1 Å². The van der Waals surface area contributed by atoms with Gasteiger partial charge in [0.05, 0.1) is 32.9 Å². The number of hydrogen-bond donors (Lipinski definition) is 1. The number of methoxy groups -OCH3 is 3. The zero-order valence-corrected chi connectivity index (χ0v) is 18.9. The van der Waals surface area contributed by atoms with E-state index in [9.17, 15) is 4.79 Å². The van der Waals surface area contributed by atoms with E-state index in [0.29, 0.717) is 41.6 Å². The third-order valence-electron chi connectivity index (χ3n) is 5.89. The molecular formula is C21H29N7O4. The molecule has 11 heteroatoms. The van der Waals surface area contributed by atoms with Crippen LogP contribution in [-0.4, -0.2) is 96.2 Å². The Morgan fingerprint density at radius 1 is 1.06 bits per heavy atom. The Balaban J connectivity index is 1.84. The molecule has 2 aromatic heterocycles. The molecule has 0 aliphatic carbocycles. The highest BCUT2D eigenvalue weighted by Crippen LogP contribution is 2.33. The topological polar surface area (TPSA) is 111 Å². The number of likely N-dealkylation sites (N-methyl/N-ethyl adjacent to an activating group) is 1. The summed E-state index contributed by atoms with van der Waals surface area (Å²) >= 11 is 0. The standard InChI is InChI=1S/C21H29N7O4/c1-26-5-7-27(8-6-26)19(20-23-24-25-28(20)9-10-30-2)15-11-14-12-17(31-3)18(32-4)13-16(14)22-21(15)29/h11-13,19H,5-10H2,1-4H3,(H,22,29). The van der Waals surface area contributed by atoms with Gasteiger partial charge in [0.25, 0.3) is 5.56 Å². The Hall–Kier alpha value is -3.02. The molecule has 3 heterocycles. The number of nitrogens with one attached hydrogen (secondary N) is 1. The minimum atomic E-state index is -0.392. The van der Waals surface area contributed by atoms with Gasteiger partial charge in [-0.05, 0) is 29.6 Å². The Morgan fingerprint density at radius 3 is 2.47 bits per heavy atom. The predicted octanol–water partition coefficient (Wildman–Crippen LogP) is 0.515. The molecule has 1 unspecified atom stereocenters. The smallest absolute Gasteiger partial charge is 0.253 e. The van der Waals surface area contributed by atoms with Crippen LogP contribution >= 0.6 is 0 Å². The molecule has 1 saturated heterocycles. The second-order valence-electron chi connectivity index (χ2n) is 7.84. The number of benzene rings is 1. The molecule has 172 valence electrons. The lowest BCUT2D eigenvalue weighted by Crippen LogP contribution is -2.47. The summed E-state index contributed by atoms with van der Waals surface area (Å²) in [5.41, 5.74) is 1.07. The summed E-state index contributed by atoms with van der Waals surface area (Å²) < 4.78 is 17.8. The zero-order valence-electron chi connectivity index (χ0n) is 18.9. The number of ether oxygens (including phenoxy) is 3. The summed E-state index contributed by atoms with van der Waals surface area (Å²) in [6, 6.07) is 5.14. The van der Waals surface area contributed by atoms with Crippen LogP contribution in [-0.2, 0) is 11.3 Å². The Kier molecular flexibility index (Phi) is 6.68. The van der Waals surface area contributed by atoms with E-state index in [4.69, 9.17) is 14.2 Å². The molecule has 0 saturated carbocycles. The molecule has 0 spiro atoms. The van der Waals surface area contributed by atoms with Gasteiger partial charge in [0, 0.05) is 50.3 Å². The van der Waals surface area contributed by atoms with Crippen molar-refractivity contribution in [2.45, 2.75) is 12.6 Å². The van der Waals surface area contributed by atoms with Crippen LogP contribution in [0, 0.1) is 0 Å². The van der Waals surface area contributed by atoms with E-state index in [2.05, 4.69) is 37.4 Å². The monoisotopic (exact) mass is 443 g/mol. The van der Waals surface area contributed by atoms with E-state index >= 15 is 0 Å². The third-order valence-corrected chi connectivity index (χ3v) is 5.89. The average molecular weight is 444 g/mol. The fourth-order valence-electron chi connectivity index (χ4n) is 4.08. The van der Waals surface area contributed by atoms with Crippen LogP contribution in [0.15, 0.2) is 23.0 Å². The van der Waals surface area contributed by atoms with Crippen molar-refractivity contribution in [3.8, 4) is 11.5 Å². The molecule has 11 nitrogen and oxygen atoms in total. The summed E-state index contributed by atoms with van der Waals surface area (Å²) in [4.78, 5) is 20.8. The van der Waals surface area contributed by atoms with Crippen LogP contribution in [0.1, 0.15) is 17.4 Å². The number of nitrogens with zero attached hydrogens (tertiary/aromatic N) is 6. The molecule has 1 N–H and O–H groups in total. The minimum absolute atomic E-state index is 0.185. The first-order valence-corrected chi connectivity index (χ1v) is 10.5. The lowest BCUT2D eigenvalue weighted by atomic mass is 10.0. The van der Waals surface area contributed by atoms with Crippen LogP contribution in [0.3, 0.4) is 0 Å². The van der Waals surface area contributed by atoms with E-state index in [1.165, 1.54) is 0 Å². The highest BCUT2D eigenvalue weighted by molar-refractivity contribution is 5.83. The molecule has 0 amide bonds. The van der Waals surface area contributed by atoms with Gasteiger partial charge in [-0.15, -0.1) is 5.10 Å². The van der Waals surface area contributed by atoms with Crippen LogP contribution in [0.4, 0.5) is 0 Å². The number of H-pyrrole nitrogens is 1. The van der Waals surface area contributed by atoms with Crippen molar-refractivity contribution < 1.29 is 14.2 Å². The quantitative estimate of drug-likeness (QED) is 0.532. The van der Waals surface area contributed by atoms with E-state index in [-0.39, 0.29) is 5.56 Å². The molecule has 1 aromatic carbocycles. The second-order valence-corrected chi connectivity index (χ2v) is 7.84. The van der Waals surface area contributed by atoms with Crippen molar-refractivity contribution in [3.05, 3.63) is 39.9 Å². The van der Waals surface area contributed by atoms with E-state index in [0.717, 1.165) is 31.6 Å². The molecule has 1 aliphatic rings. The second kappa shape index (κ2) is 9.63. The summed E-state index contributed by atoms with van der Waals surface area (Å²) in [7, 11) is 6.89. The first kappa shape index (κ1) is 22.2. The zero-order chi connectivity index (χ0) is 22.7. The Morgan fingerprint density at radius 2 is 1.78 bits per heavy atom. The highest BCUT2D eigenvalue weighted by atomic mass is 16.5. The van der Waals surface area contributed by atoms with Gasteiger partial charge in [-0.1, -0.05) is 0 Å². The maximum absolute atomic E-state index is 13.3. The van der Waals surface area contributed by atoms with Gasteiger partial charge in [0.2, 0.25) is 0 Å². The summed E-state index contributed by atoms with van der Waals surface area (Å²) in [6.07, 6.45) is 0. The average Bonchev–Trinajstić information content (AvgIpc) is 3.26. The number of pyridine rings is 1. The molecule has 0 radical (unpaired) electrons. The molecule has 3 aromatic rings. The minimum Gasteiger partial charge on any atom is -0.493 e. The molecule has 1 atom stereocenters. The van der Waals surface area contributed by atoms with Crippen LogP contribution < -0.4 is 15.0 Å². The predicted molar refractivity (Wildman–Crippen MR) is 118 cm³/mol. The fraction of sp³-hybridized carbons (Fsp3) is 0.524. The van der Waals surface area contributed by atoms with Crippen molar-refractivity contribution in [1.82, 2.24) is 35.0 Å². The molecule has 0 bridgehead atoms. The largest absolute Gasteiger partial charge is 0.493 e. The van der Waals surface area contributed by atoms with Gasteiger partial charge in [-0.2, -0.15) is 0 Å². The normalized spacial score (nSPS) is 16.4. The highest BCUT2D eigenvalue weighted by Gasteiger charge is 2.32. The van der Waals surface area contributed by atoms with E-state index in [1.54, 1.807) is 32.1 Å². The molecule has 1 fully saturated rings. The summed E-state index contributed by atoms with van der Waals surface area (Å²) in [6.45, 7) is 4.35. The van der Waals surface area contributed by atoms with Crippen molar-refractivity contribution in [2.75, 3.05) is 61.2 Å². The van der Waals surface area contributed by atoms with Crippen LogP contribution in [0.2, 0.25) is 0 Å². The number of fused-ring (bicyclic) bond motifs is 1. The van der Waals surface area contributed by atoms with Crippen molar-refractivity contribution >= 4 is 10.9 Å². The van der Waals surface area contributed by atoms with Gasteiger partial charge in [0.1, 0.15) is 6.04 Å². The first-order valence-electron chi connectivity index (χ1n) is 10.5. The number of hydrogen-bond acceptors (Lipinski definition) is 9. The van der Waals surface area contributed by atoms with Crippen molar-refractivity contribution in [3.63, 3.8) is 0 Å². The third kappa shape index (κ3) is 4.31. The van der Waals surface area contributed by atoms with Crippen LogP contribution in [0.25, 0.3) is 10.9 Å². The number of rotatable bonds is 8. The number of tetrazole rings is 1. The van der Waals surface area contributed by atoms with Gasteiger partial charge < -0.3 is 24.1 Å². The number of aromatic nitrogens is 5. The maximum Gasteiger partial charge on any atom is 0.253 e. The van der Waals surface area contributed by atoms with Gasteiger partial charge >= 0.3 is 0 Å². The molecule has 32 heavy (non-hydrogen) atoms. The van der Waals surface area contributed by atoms with Gasteiger partial charge in [0.15, 0.2) is 17.3 Å². The number of aromatic amines is 1. The summed E-state index contributed by atoms with van der Waals surface area (Å²) in [5.74, 6) is 1.78. The lowest BCUT2D eigenvalue weighted by molar-refractivity contribution is 0.119. The number of piperazine rings is 1. The Labute approximate surface area is 185 Å². The maximum atomic E-state index is 13.3. The van der Waals surface area contributed by atoms with E-state index < -0.39 is 6.04 Å². The van der Waals surface area contributed by atoms with Crippen LogP contribution in [0.5, 0.6) is 11.5 Å². The first-order chi connectivity index (χ1) is 15.5. The molecule has 4 rings (SSSR count). The van der Waals surface area contributed by atoms with Gasteiger partial charge in [-0.3, -0.25) is 9.69 Å².